The van der Waals surface area contributed by atoms with Gasteiger partial charge in [0.1, 0.15) is 0 Å². The Hall–Kier alpha value is -0.310. The minimum atomic E-state index is 0.661. The molecule has 14 heavy (non-hydrogen) atoms. The number of nitrogens with one attached hydrogen (secondary N) is 1. The first-order valence-corrected chi connectivity index (χ1v) is 6.24. The van der Waals surface area contributed by atoms with Gasteiger partial charge in [-0.3, -0.25) is 0 Å². The molecule has 0 radical (unpaired) electrons. The van der Waals surface area contributed by atoms with E-state index in [0.29, 0.717) is 6.04 Å². The largest absolute Gasteiger partial charge is 0.360 e. The van der Waals surface area contributed by atoms with Gasteiger partial charge >= 0.3 is 0 Å². The van der Waals surface area contributed by atoms with Crippen LogP contribution in [0, 0.1) is 0 Å². The third kappa shape index (κ3) is 3.12. The Kier molecular flexibility index (Phi) is 5.23. The van der Waals surface area contributed by atoms with Gasteiger partial charge in [-0.2, -0.15) is 0 Å². The first kappa shape index (κ1) is 11.8. The first-order valence-electron chi connectivity index (χ1n) is 5.84. The zero-order chi connectivity index (χ0) is 10.4. The van der Waals surface area contributed by atoms with Gasteiger partial charge < -0.3 is 10.2 Å². The quantitative estimate of drug-likeness (QED) is 0.684. The monoisotopic (exact) mass is 214 g/mol. The van der Waals surface area contributed by atoms with E-state index >= 15 is 0 Å². The summed E-state index contributed by atoms with van der Waals surface area (Å²) >= 11 is 5.30. The van der Waals surface area contributed by atoms with Crippen molar-refractivity contribution < 1.29 is 0 Å². The van der Waals surface area contributed by atoms with Crippen LogP contribution in [0.3, 0.4) is 0 Å². The van der Waals surface area contributed by atoms with Crippen molar-refractivity contribution in [2.45, 2.75) is 52.0 Å². The van der Waals surface area contributed by atoms with Gasteiger partial charge in [-0.25, -0.2) is 0 Å². The van der Waals surface area contributed by atoms with E-state index in [0.717, 1.165) is 18.2 Å². The summed E-state index contributed by atoms with van der Waals surface area (Å²) in [6.45, 7) is 6.67. The number of unbranched alkanes of at least 4 members (excludes halogenated alkanes) is 2. The van der Waals surface area contributed by atoms with Crippen LogP contribution in [0.5, 0.6) is 0 Å². The number of hydrogen-bond acceptors (Lipinski definition) is 1. The van der Waals surface area contributed by atoms with E-state index in [-0.39, 0.29) is 0 Å². The van der Waals surface area contributed by atoms with Crippen LogP contribution in [-0.4, -0.2) is 29.1 Å². The number of nitrogens with zero attached hydrogens (tertiary/aromatic N) is 1. The van der Waals surface area contributed by atoms with Crippen LogP contribution < -0.4 is 5.32 Å². The van der Waals surface area contributed by atoms with Crippen LogP contribution in [0.25, 0.3) is 0 Å². The number of rotatable bonds is 6. The van der Waals surface area contributed by atoms with E-state index in [1.807, 2.05) is 0 Å². The second-order valence-electron chi connectivity index (χ2n) is 4.03. The van der Waals surface area contributed by atoms with Gasteiger partial charge in [-0.05, 0) is 25.1 Å². The second kappa shape index (κ2) is 6.23. The van der Waals surface area contributed by atoms with Gasteiger partial charge in [0, 0.05) is 19.1 Å². The molecule has 1 atom stereocenters. The Morgan fingerprint density at radius 2 is 2.07 bits per heavy atom. The maximum absolute atomic E-state index is 5.30. The summed E-state index contributed by atoms with van der Waals surface area (Å²) in [5.74, 6) is 0. The van der Waals surface area contributed by atoms with Crippen molar-refractivity contribution in [1.82, 2.24) is 10.2 Å². The molecule has 0 bridgehead atoms. The Morgan fingerprint density at radius 1 is 1.36 bits per heavy atom. The molecule has 1 aliphatic rings. The minimum absolute atomic E-state index is 0.661. The second-order valence-corrected chi connectivity index (χ2v) is 4.42. The molecular weight excluding hydrogens is 192 g/mol. The van der Waals surface area contributed by atoms with Crippen LogP contribution in [0.4, 0.5) is 0 Å². The molecule has 1 aliphatic heterocycles. The molecule has 0 unspecified atom stereocenters. The summed E-state index contributed by atoms with van der Waals surface area (Å²) in [6, 6.07) is 0.661. The Bertz CT molecular complexity index is 182. The van der Waals surface area contributed by atoms with Crippen LogP contribution >= 0.6 is 12.2 Å². The summed E-state index contributed by atoms with van der Waals surface area (Å²) in [6.07, 6.45) is 6.39. The van der Waals surface area contributed by atoms with Gasteiger partial charge in [-0.1, -0.05) is 33.1 Å². The summed E-state index contributed by atoms with van der Waals surface area (Å²) in [5, 5.41) is 4.27. The smallest absolute Gasteiger partial charge is 0.169 e. The highest BCUT2D eigenvalue weighted by Gasteiger charge is 2.26. The SMILES string of the molecule is CCCC[C@@H]1CNC(=S)N1CCCC. The molecule has 0 aromatic heterocycles. The fourth-order valence-corrected chi connectivity index (χ4v) is 2.22. The molecular formula is C11H22N2S. The molecule has 0 aromatic rings. The molecule has 1 rings (SSSR count). The van der Waals surface area contributed by atoms with Gasteiger partial charge in [0.05, 0.1) is 0 Å². The van der Waals surface area contributed by atoms with Crippen molar-refractivity contribution in [1.29, 1.82) is 0 Å². The summed E-state index contributed by atoms with van der Waals surface area (Å²) < 4.78 is 0. The normalized spacial score (nSPS) is 21.4. The summed E-state index contributed by atoms with van der Waals surface area (Å²) in [5.41, 5.74) is 0. The molecule has 0 amide bonds. The molecule has 1 saturated heterocycles. The molecule has 0 saturated carbocycles. The van der Waals surface area contributed by atoms with Crippen molar-refractivity contribution in [3.8, 4) is 0 Å². The molecule has 1 fully saturated rings. The molecule has 2 nitrogen and oxygen atoms in total. The van der Waals surface area contributed by atoms with Crippen molar-refractivity contribution in [3.05, 3.63) is 0 Å². The lowest BCUT2D eigenvalue weighted by molar-refractivity contribution is 0.324. The average Bonchev–Trinajstić information content (AvgIpc) is 2.53. The van der Waals surface area contributed by atoms with Crippen molar-refractivity contribution in [2.75, 3.05) is 13.1 Å². The zero-order valence-corrected chi connectivity index (χ0v) is 10.2. The maximum atomic E-state index is 5.30. The van der Waals surface area contributed by atoms with Crippen molar-refractivity contribution in [2.24, 2.45) is 0 Å². The molecule has 0 aromatic carbocycles. The molecule has 3 heteroatoms. The standard InChI is InChI=1S/C11H22N2S/c1-3-5-7-10-9-12-11(14)13(10)8-6-4-2/h10H,3-9H2,1-2H3,(H,12,14)/t10-/m1/s1. The maximum Gasteiger partial charge on any atom is 0.169 e. The molecule has 1 N–H and O–H groups in total. The lowest BCUT2D eigenvalue weighted by atomic mass is 10.1. The lowest BCUT2D eigenvalue weighted by Gasteiger charge is -2.24. The van der Waals surface area contributed by atoms with E-state index in [2.05, 4.69) is 24.1 Å². The number of hydrogen-bond donors (Lipinski definition) is 1. The van der Waals surface area contributed by atoms with Crippen molar-refractivity contribution >= 4 is 17.3 Å². The van der Waals surface area contributed by atoms with E-state index in [4.69, 9.17) is 12.2 Å². The highest BCUT2D eigenvalue weighted by molar-refractivity contribution is 7.80. The fourth-order valence-electron chi connectivity index (χ4n) is 1.89. The highest BCUT2D eigenvalue weighted by atomic mass is 32.1. The van der Waals surface area contributed by atoms with Crippen LogP contribution in [0.1, 0.15) is 46.0 Å². The zero-order valence-electron chi connectivity index (χ0n) is 9.38. The lowest BCUT2D eigenvalue weighted by Crippen LogP contribution is -2.34. The fraction of sp³-hybridized carbons (Fsp3) is 0.909. The van der Waals surface area contributed by atoms with Gasteiger partial charge in [0.15, 0.2) is 5.11 Å². The van der Waals surface area contributed by atoms with Crippen LogP contribution in [-0.2, 0) is 0 Å². The predicted octanol–water partition coefficient (Wildman–Crippen LogP) is 2.54. The van der Waals surface area contributed by atoms with E-state index in [1.165, 1.54) is 32.1 Å². The Labute approximate surface area is 93.1 Å². The highest BCUT2D eigenvalue weighted by Crippen LogP contribution is 2.14. The van der Waals surface area contributed by atoms with Crippen molar-refractivity contribution in [3.63, 3.8) is 0 Å². The first-order chi connectivity index (χ1) is 6.79. The minimum Gasteiger partial charge on any atom is -0.360 e. The molecule has 82 valence electrons. The van der Waals surface area contributed by atoms with Crippen LogP contribution in [0.2, 0.25) is 0 Å². The third-order valence-corrected chi connectivity index (χ3v) is 3.21. The summed E-state index contributed by atoms with van der Waals surface area (Å²) in [7, 11) is 0. The van der Waals surface area contributed by atoms with Gasteiger partial charge in [0.25, 0.3) is 0 Å². The molecule has 1 heterocycles. The van der Waals surface area contributed by atoms with E-state index in [9.17, 15) is 0 Å². The third-order valence-electron chi connectivity index (χ3n) is 2.83. The summed E-state index contributed by atoms with van der Waals surface area (Å²) in [4.78, 5) is 2.38. The molecule has 0 spiro atoms. The average molecular weight is 214 g/mol. The van der Waals surface area contributed by atoms with Crippen LogP contribution in [0.15, 0.2) is 0 Å². The topological polar surface area (TPSA) is 15.3 Å². The van der Waals surface area contributed by atoms with E-state index < -0.39 is 0 Å². The van der Waals surface area contributed by atoms with E-state index in [1.54, 1.807) is 0 Å². The Morgan fingerprint density at radius 3 is 2.71 bits per heavy atom. The molecule has 0 aliphatic carbocycles. The predicted molar refractivity (Wildman–Crippen MR) is 65.5 cm³/mol. The van der Waals surface area contributed by atoms with Gasteiger partial charge in [0.2, 0.25) is 0 Å². The Balaban J connectivity index is 2.36. The van der Waals surface area contributed by atoms with Gasteiger partial charge in [-0.15, -0.1) is 0 Å². The number of thiocarbonyl (C=S) groups is 1.